The van der Waals surface area contributed by atoms with Crippen LogP contribution in [0.5, 0.6) is 0 Å². The lowest BCUT2D eigenvalue weighted by atomic mass is 10.1. The molecular formula is C11H16O2. The summed E-state index contributed by atoms with van der Waals surface area (Å²) in [4.78, 5) is 0. The average molecular weight is 180 g/mol. The summed E-state index contributed by atoms with van der Waals surface area (Å²) >= 11 is 0. The van der Waals surface area contributed by atoms with Crippen LogP contribution in [0.25, 0.3) is 0 Å². The maximum atomic E-state index is 9.62. The highest BCUT2D eigenvalue weighted by atomic mass is 16.5. The summed E-state index contributed by atoms with van der Waals surface area (Å²) in [5, 5.41) is 9.62. The predicted molar refractivity (Wildman–Crippen MR) is 52.6 cm³/mol. The Balaban J connectivity index is 2.55. The third-order valence-corrected chi connectivity index (χ3v) is 1.94. The van der Waals surface area contributed by atoms with Crippen molar-refractivity contribution >= 4 is 0 Å². The van der Waals surface area contributed by atoms with Gasteiger partial charge < -0.3 is 9.84 Å². The molecule has 2 heteroatoms. The van der Waals surface area contributed by atoms with Gasteiger partial charge in [-0.25, -0.2) is 0 Å². The molecule has 1 rings (SSSR count). The SMILES string of the molecule is CCOCC(O)c1ccc(C)cc1. The molecule has 1 aromatic carbocycles. The fourth-order valence-corrected chi connectivity index (χ4v) is 1.11. The molecule has 13 heavy (non-hydrogen) atoms. The Labute approximate surface area is 79.2 Å². The number of hydrogen-bond donors (Lipinski definition) is 1. The lowest BCUT2D eigenvalue weighted by Gasteiger charge is -2.10. The van der Waals surface area contributed by atoms with Gasteiger partial charge in [-0.3, -0.25) is 0 Å². The number of aliphatic hydroxyl groups is 1. The molecule has 0 amide bonds. The molecule has 2 nitrogen and oxygen atoms in total. The van der Waals surface area contributed by atoms with Gasteiger partial charge in [-0.2, -0.15) is 0 Å². The standard InChI is InChI=1S/C11H16O2/c1-3-13-8-11(12)10-6-4-9(2)5-7-10/h4-7,11-12H,3,8H2,1-2H3. The number of hydrogen-bond acceptors (Lipinski definition) is 2. The molecule has 0 fully saturated rings. The third kappa shape index (κ3) is 3.17. The fraction of sp³-hybridized carbons (Fsp3) is 0.455. The van der Waals surface area contributed by atoms with Gasteiger partial charge in [-0.1, -0.05) is 29.8 Å². The Hall–Kier alpha value is -0.860. The van der Waals surface area contributed by atoms with E-state index in [1.54, 1.807) is 0 Å². The Morgan fingerprint density at radius 3 is 2.46 bits per heavy atom. The number of aliphatic hydroxyl groups excluding tert-OH is 1. The van der Waals surface area contributed by atoms with Crippen molar-refractivity contribution < 1.29 is 9.84 Å². The molecule has 0 bridgehead atoms. The second kappa shape index (κ2) is 5.00. The average Bonchev–Trinajstić information content (AvgIpc) is 2.15. The highest BCUT2D eigenvalue weighted by molar-refractivity contribution is 5.22. The minimum atomic E-state index is -0.499. The van der Waals surface area contributed by atoms with Gasteiger partial charge in [-0.15, -0.1) is 0 Å². The second-order valence-electron chi connectivity index (χ2n) is 3.09. The maximum Gasteiger partial charge on any atom is 0.102 e. The number of rotatable bonds is 4. The zero-order chi connectivity index (χ0) is 9.68. The van der Waals surface area contributed by atoms with Gasteiger partial charge in [0.25, 0.3) is 0 Å². The molecule has 0 aromatic heterocycles. The summed E-state index contributed by atoms with van der Waals surface area (Å²) in [6.07, 6.45) is -0.499. The van der Waals surface area contributed by atoms with Crippen LogP contribution < -0.4 is 0 Å². The van der Waals surface area contributed by atoms with Crippen LogP contribution in [-0.2, 0) is 4.74 Å². The van der Waals surface area contributed by atoms with Gasteiger partial charge in [0.1, 0.15) is 6.10 Å². The molecule has 0 saturated carbocycles. The van der Waals surface area contributed by atoms with Gasteiger partial charge in [0.05, 0.1) is 6.61 Å². The van der Waals surface area contributed by atoms with Gasteiger partial charge in [0, 0.05) is 6.61 Å². The molecule has 1 atom stereocenters. The minimum Gasteiger partial charge on any atom is -0.386 e. The second-order valence-corrected chi connectivity index (χ2v) is 3.09. The van der Waals surface area contributed by atoms with Gasteiger partial charge in [-0.05, 0) is 19.4 Å². The zero-order valence-electron chi connectivity index (χ0n) is 8.16. The van der Waals surface area contributed by atoms with Crippen LogP contribution in [0.1, 0.15) is 24.2 Å². The van der Waals surface area contributed by atoms with E-state index in [-0.39, 0.29) is 0 Å². The molecule has 72 valence electrons. The summed E-state index contributed by atoms with van der Waals surface area (Å²) in [6, 6.07) is 7.84. The van der Waals surface area contributed by atoms with E-state index in [2.05, 4.69) is 0 Å². The highest BCUT2D eigenvalue weighted by Gasteiger charge is 2.05. The first kappa shape index (κ1) is 10.2. The number of ether oxygens (including phenoxy) is 1. The smallest absolute Gasteiger partial charge is 0.102 e. The van der Waals surface area contributed by atoms with E-state index in [1.165, 1.54) is 5.56 Å². The van der Waals surface area contributed by atoms with Crippen molar-refractivity contribution in [3.63, 3.8) is 0 Å². The summed E-state index contributed by atoms with van der Waals surface area (Å²) < 4.78 is 5.13. The quantitative estimate of drug-likeness (QED) is 0.768. The fourth-order valence-electron chi connectivity index (χ4n) is 1.11. The predicted octanol–water partition coefficient (Wildman–Crippen LogP) is 2.06. The van der Waals surface area contributed by atoms with E-state index in [1.807, 2.05) is 38.1 Å². The highest BCUT2D eigenvalue weighted by Crippen LogP contribution is 2.13. The Bertz CT molecular complexity index is 241. The first-order chi connectivity index (χ1) is 6.24. The molecule has 1 N–H and O–H groups in total. The van der Waals surface area contributed by atoms with Crippen molar-refractivity contribution in [3.8, 4) is 0 Å². The zero-order valence-corrected chi connectivity index (χ0v) is 8.16. The summed E-state index contributed by atoms with van der Waals surface area (Å²) in [5.74, 6) is 0. The first-order valence-electron chi connectivity index (χ1n) is 4.56. The van der Waals surface area contributed by atoms with E-state index in [9.17, 15) is 5.11 Å². The first-order valence-corrected chi connectivity index (χ1v) is 4.56. The van der Waals surface area contributed by atoms with Crippen molar-refractivity contribution in [2.45, 2.75) is 20.0 Å². The number of benzene rings is 1. The summed E-state index contributed by atoms with van der Waals surface area (Å²) in [7, 11) is 0. The van der Waals surface area contributed by atoms with E-state index in [0.29, 0.717) is 13.2 Å². The van der Waals surface area contributed by atoms with E-state index in [0.717, 1.165) is 5.56 Å². The Kier molecular flexibility index (Phi) is 3.93. The van der Waals surface area contributed by atoms with Gasteiger partial charge >= 0.3 is 0 Å². The molecule has 0 spiro atoms. The molecule has 0 aliphatic heterocycles. The van der Waals surface area contributed by atoms with Gasteiger partial charge in [0.15, 0.2) is 0 Å². The van der Waals surface area contributed by atoms with Crippen LogP contribution in [-0.4, -0.2) is 18.3 Å². The molecular weight excluding hydrogens is 164 g/mol. The van der Waals surface area contributed by atoms with Crippen LogP contribution in [0.15, 0.2) is 24.3 Å². The van der Waals surface area contributed by atoms with E-state index >= 15 is 0 Å². The largest absolute Gasteiger partial charge is 0.386 e. The number of aryl methyl sites for hydroxylation is 1. The van der Waals surface area contributed by atoms with Crippen molar-refractivity contribution in [1.29, 1.82) is 0 Å². The molecule has 1 unspecified atom stereocenters. The van der Waals surface area contributed by atoms with Crippen molar-refractivity contribution in [3.05, 3.63) is 35.4 Å². The van der Waals surface area contributed by atoms with Crippen LogP contribution >= 0.6 is 0 Å². The summed E-state index contributed by atoms with van der Waals surface area (Å²) in [5.41, 5.74) is 2.12. The third-order valence-electron chi connectivity index (χ3n) is 1.94. The normalized spacial score (nSPS) is 12.8. The van der Waals surface area contributed by atoms with Crippen molar-refractivity contribution in [2.24, 2.45) is 0 Å². The van der Waals surface area contributed by atoms with E-state index < -0.39 is 6.10 Å². The van der Waals surface area contributed by atoms with Crippen molar-refractivity contribution in [2.75, 3.05) is 13.2 Å². The Morgan fingerprint density at radius 1 is 1.31 bits per heavy atom. The lowest BCUT2D eigenvalue weighted by molar-refractivity contribution is 0.0420. The minimum absolute atomic E-state index is 0.375. The van der Waals surface area contributed by atoms with Crippen LogP contribution in [0.2, 0.25) is 0 Å². The van der Waals surface area contributed by atoms with Crippen LogP contribution in [0.4, 0.5) is 0 Å². The van der Waals surface area contributed by atoms with Crippen LogP contribution in [0, 0.1) is 6.92 Å². The monoisotopic (exact) mass is 180 g/mol. The van der Waals surface area contributed by atoms with E-state index in [4.69, 9.17) is 4.74 Å². The molecule has 0 saturated heterocycles. The maximum absolute atomic E-state index is 9.62. The van der Waals surface area contributed by atoms with Gasteiger partial charge in [0.2, 0.25) is 0 Å². The molecule has 0 aliphatic rings. The molecule has 0 radical (unpaired) electrons. The molecule has 0 heterocycles. The van der Waals surface area contributed by atoms with Crippen LogP contribution in [0.3, 0.4) is 0 Å². The van der Waals surface area contributed by atoms with Crippen molar-refractivity contribution in [1.82, 2.24) is 0 Å². The Morgan fingerprint density at radius 2 is 1.92 bits per heavy atom. The summed E-state index contributed by atoms with van der Waals surface area (Å²) in [6.45, 7) is 4.96. The lowest BCUT2D eigenvalue weighted by Crippen LogP contribution is -2.06. The molecule has 1 aromatic rings. The topological polar surface area (TPSA) is 29.5 Å². The molecule has 0 aliphatic carbocycles.